The number of nitrogens with zero attached hydrogens (tertiary/aromatic N) is 1. The van der Waals surface area contributed by atoms with Gasteiger partial charge in [0.2, 0.25) is 10.0 Å². The van der Waals surface area contributed by atoms with Gasteiger partial charge in [-0.05, 0) is 23.7 Å². The summed E-state index contributed by atoms with van der Waals surface area (Å²) in [5.41, 5.74) is 0.870. The molecule has 7 heteroatoms. The maximum atomic E-state index is 11.5. The zero-order valence-corrected chi connectivity index (χ0v) is 10.0. The van der Waals surface area contributed by atoms with E-state index in [0.29, 0.717) is 24.3 Å². The first-order chi connectivity index (χ1) is 8.00. The second-order valence-electron chi connectivity index (χ2n) is 3.57. The quantitative estimate of drug-likeness (QED) is 0.826. The molecule has 0 saturated carbocycles. The molecule has 17 heavy (non-hydrogen) atoms. The SMILES string of the molecule is Cc1cccc(C2=NOCCO2)c1S(N)(=O)=O. The molecule has 0 aliphatic carbocycles. The maximum Gasteiger partial charge on any atom is 0.259 e. The van der Waals surface area contributed by atoms with Crippen LogP contribution in [-0.4, -0.2) is 27.5 Å². The molecule has 0 radical (unpaired) electrons. The molecule has 2 rings (SSSR count). The highest BCUT2D eigenvalue weighted by Gasteiger charge is 2.22. The molecule has 0 saturated heterocycles. The molecule has 0 aromatic heterocycles. The van der Waals surface area contributed by atoms with Crippen molar-refractivity contribution in [3.63, 3.8) is 0 Å². The molecule has 0 fully saturated rings. The molecule has 6 nitrogen and oxygen atoms in total. The molecule has 2 N–H and O–H groups in total. The third-order valence-electron chi connectivity index (χ3n) is 2.29. The zero-order chi connectivity index (χ0) is 12.5. The van der Waals surface area contributed by atoms with Crippen LogP contribution in [0.25, 0.3) is 0 Å². The minimum atomic E-state index is -3.83. The lowest BCUT2D eigenvalue weighted by atomic mass is 10.1. The van der Waals surface area contributed by atoms with Crippen molar-refractivity contribution in [2.45, 2.75) is 11.8 Å². The number of oxime groups is 1. The molecule has 0 atom stereocenters. The average Bonchev–Trinajstić information content (AvgIpc) is 2.28. The van der Waals surface area contributed by atoms with Gasteiger partial charge in [0.25, 0.3) is 5.90 Å². The Morgan fingerprint density at radius 2 is 2.12 bits per heavy atom. The highest BCUT2D eigenvalue weighted by atomic mass is 32.2. The van der Waals surface area contributed by atoms with Gasteiger partial charge in [-0.1, -0.05) is 12.1 Å². The summed E-state index contributed by atoms with van der Waals surface area (Å²) in [6.07, 6.45) is 0. The molecular weight excluding hydrogens is 244 g/mol. The van der Waals surface area contributed by atoms with E-state index in [2.05, 4.69) is 5.16 Å². The van der Waals surface area contributed by atoms with E-state index >= 15 is 0 Å². The number of aryl methyl sites for hydroxylation is 1. The Bertz CT molecular complexity index is 566. The summed E-state index contributed by atoms with van der Waals surface area (Å²) in [6.45, 7) is 2.34. The first kappa shape index (κ1) is 11.9. The molecule has 1 aromatic carbocycles. The van der Waals surface area contributed by atoms with Crippen molar-refractivity contribution in [2.24, 2.45) is 10.3 Å². The predicted molar refractivity (Wildman–Crippen MR) is 61.0 cm³/mol. The van der Waals surface area contributed by atoms with Crippen molar-refractivity contribution < 1.29 is 18.0 Å². The number of sulfonamides is 1. The number of ether oxygens (including phenoxy) is 1. The van der Waals surface area contributed by atoms with Crippen LogP contribution in [-0.2, 0) is 19.6 Å². The average molecular weight is 256 g/mol. The van der Waals surface area contributed by atoms with Crippen LogP contribution in [0.1, 0.15) is 11.1 Å². The highest BCUT2D eigenvalue weighted by Crippen LogP contribution is 2.21. The van der Waals surface area contributed by atoms with Crippen LogP contribution in [0.4, 0.5) is 0 Å². The molecule has 1 aliphatic heterocycles. The summed E-state index contributed by atoms with van der Waals surface area (Å²) in [5, 5.41) is 8.88. The van der Waals surface area contributed by atoms with Gasteiger partial charge in [0, 0.05) is 0 Å². The van der Waals surface area contributed by atoms with E-state index in [4.69, 9.17) is 14.7 Å². The molecule has 1 heterocycles. The van der Waals surface area contributed by atoms with Crippen molar-refractivity contribution in [1.82, 2.24) is 0 Å². The van der Waals surface area contributed by atoms with Gasteiger partial charge in [-0.2, -0.15) is 0 Å². The summed E-state index contributed by atoms with van der Waals surface area (Å²) in [7, 11) is -3.83. The lowest BCUT2D eigenvalue weighted by molar-refractivity contribution is 0.0653. The lowest BCUT2D eigenvalue weighted by Crippen LogP contribution is -2.23. The van der Waals surface area contributed by atoms with E-state index in [0.717, 1.165) is 0 Å². The molecule has 92 valence electrons. The van der Waals surface area contributed by atoms with Gasteiger partial charge in [0.05, 0.1) is 10.5 Å². The summed E-state index contributed by atoms with van der Waals surface area (Å²) >= 11 is 0. The number of hydrogen-bond acceptors (Lipinski definition) is 5. The number of rotatable bonds is 2. The van der Waals surface area contributed by atoms with Crippen molar-refractivity contribution in [3.8, 4) is 0 Å². The van der Waals surface area contributed by atoms with Gasteiger partial charge >= 0.3 is 0 Å². The number of nitrogens with two attached hydrogens (primary N) is 1. The van der Waals surface area contributed by atoms with Crippen LogP contribution in [0.3, 0.4) is 0 Å². The molecule has 0 amide bonds. The molecule has 1 aromatic rings. The number of hydrogen-bond donors (Lipinski definition) is 1. The fourth-order valence-corrected chi connectivity index (χ4v) is 2.61. The van der Waals surface area contributed by atoms with E-state index in [-0.39, 0.29) is 10.8 Å². The van der Waals surface area contributed by atoms with E-state index in [9.17, 15) is 8.42 Å². The first-order valence-electron chi connectivity index (χ1n) is 4.95. The van der Waals surface area contributed by atoms with Gasteiger partial charge < -0.3 is 9.57 Å². The Morgan fingerprint density at radius 3 is 2.71 bits per heavy atom. The third kappa shape index (κ3) is 2.40. The van der Waals surface area contributed by atoms with E-state index in [1.807, 2.05) is 0 Å². The van der Waals surface area contributed by atoms with Crippen LogP contribution in [0.15, 0.2) is 28.3 Å². The maximum absolute atomic E-state index is 11.5. The van der Waals surface area contributed by atoms with Gasteiger partial charge in [0.1, 0.15) is 6.61 Å². The summed E-state index contributed by atoms with van der Waals surface area (Å²) in [4.78, 5) is 4.89. The van der Waals surface area contributed by atoms with E-state index in [1.165, 1.54) is 0 Å². The Labute approximate surface area is 99.1 Å². The van der Waals surface area contributed by atoms with Gasteiger partial charge in [0.15, 0.2) is 6.61 Å². The summed E-state index contributed by atoms with van der Waals surface area (Å²) < 4.78 is 28.3. The van der Waals surface area contributed by atoms with Crippen LogP contribution in [0.5, 0.6) is 0 Å². The number of primary sulfonamides is 1. The Morgan fingerprint density at radius 1 is 1.35 bits per heavy atom. The topological polar surface area (TPSA) is 91.0 Å². The van der Waals surface area contributed by atoms with Crippen LogP contribution >= 0.6 is 0 Å². The Kier molecular flexibility index (Phi) is 3.03. The lowest BCUT2D eigenvalue weighted by Gasteiger charge is -2.16. The molecule has 0 unspecified atom stereocenters. The van der Waals surface area contributed by atoms with E-state index < -0.39 is 10.0 Å². The smallest absolute Gasteiger partial charge is 0.259 e. The van der Waals surface area contributed by atoms with Crippen LogP contribution < -0.4 is 5.14 Å². The van der Waals surface area contributed by atoms with Crippen LogP contribution in [0.2, 0.25) is 0 Å². The molecule has 1 aliphatic rings. The monoisotopic (exact) mass is 256 g/mol. The zero-order valence-electron chi connectivity index (χ0n) is 9.21. The largest absolute Gasteiger partial charge is 0.471 e. The second kappa shape index (κ2) is 4.34. The standard InChI is InChI=1S/C10H12N2O4S/c1-7-3-2-4-8(9(7)17(11,13)14)10-12-16-6-5-15-10/h2-4H,5-6H2,1H3,(H2,11,13,14). The molecule has 0 bridgehead atoms. The number of benzene rings is 1. The van der Waals surface area contributed by atoms with Crippen LogP contribution in [0, 0.1) is 6.92 Å². The van der Waals surface area contributed by atoms with Crippen molar-refractivity contribution in [1.29, 1.82) is 0 Å². The third-order valence-corrected chi connectivity index (χ3v) is 3.40. The Hall–Kier alpha value is -1.60. The molecular formula is C10H12N2O4S. The van der Waals surface area contributed by atoms with Crippen molar-refractivity contribution in [3.05, 3.63) is 29.3 Å². The first-order valence-corrected chi connectivity index (χ1v) is 6.50. The Balaban J connectivity index is 2.62. The fourth-order valence-electron chi connectivity index (χ4n) is 1.63. The second-order valence-corrected chi connectivity index (χ2v) is 5.07. The van der Waals surface area contributed by atoms with Gasteiger partial charge in [-0.15, -0.1) is 0 Å². The normalized spacial score (nSPS) is 15.8. The van der Waals surface area contributed by atoms with Gasteiger partial charge in [-0.3, -0.25) is 0 Å². The highest BCUT2D eigenvalue weighted by molar-refractivity contribution is 7.89. The minimum absolute atomic E-state index is 0.0178. The van der Waals surface area contributed by atoms with Gasteiger partial charge in [-0.25, -0.2) is 13.6 Å². The van der Waals surface area contributed by atoms with Crippen molar-refractivity contribution >= 4 is 15.9 Å². The van der Waals surface area contributed by atoms with Crippen molar-refractivity contribution in [2.75, 3.05) is 13.2 Å². The molecule has 0 spiro atoms. The van der Waals surface area contributed by atoms with E-state index in [1.54, 1.807) is 25.1 Å². The minimum Gasteiger partial charge on any atom is -0.471 e. The fraction of sp³-hybridized carbons (Fsp3) is 0.300. The summed E-state index contributed by atoms with van der Waals surface area (Å²) in [6, 6.07) is 4.95. The predicted octanol–water partition coefficient (Wildman–Crippen LogP) is 0.351. The summed E-state index contributed by atoms with van der Waals surface area (Å²) in [5.74, 6) is 0.143.